The molecule has 3 heterocycles. The van der Waals surface area contributed by atoms with Crippen molar-refractivity contribution in [2.24, 2.45) is 0 Å². The summed E-state index contributed by atoms with van der Waals surface area (Å²) in [6, 6.07) is 6.37. The van der Waals surface area contributed by atoms with Crippen LogP contribution in [-0.4, -0.2) is 58.8 Å². The molecule has 2 aliphatic rings. The summed E-state index contributed by atoms with van der Waals surface area (Å²) in [5, 5.41) is 12.0. The lowest BCUT2D eigenvalue weighted by Gasteiger charge is -2.28. The van der Waals surface area contributed by atoms with Gasteiger partial charge in [0.2, 0.25) is 11.9 Å². The van der Waals surface area contributed by atoms with Crippen molar-refractivity contribution in [1.82, 2.24) is 20.1 Å². The van der Waals surface area contributed by atoms with E-state index in [-0.39, 0.29) is 17.0 Å². The lowest BCUT2D eigenvalue weighted by Crippen LogP contribution is -2.38. The molecular formula is C18H22FN5O2S. The first-order chi connectivity index (χ1) is 13.2. The predicted molar refractivity (Wildman–Crippen MR) is 101 cm³/mol. The van der Waals surface area contributed by atoms with Gasteiger partial charge in [0.25, 0.3) is 0 Å². The van der Waals surface area contributed by atoms with Crippen LogP contribution >= 0.6 is 11.8 Å². The Hall–Kier alpha value is -2.13. The third-order valence-corrected chi connectivity index (χ3v) is 5.92. The van der Waals surface area contributed by atoms with Crippen LogP contribution in [0.1, 0.15) is 19.3 Å². The number of carbonyl (C=O) groups excluding carboxylic acids is 1. The van der Waals surface area contributed by atoms with E-state index in [0.29, 0.717) is 49.6 Å². The van der Waals surface area contributed by atoms with Crippen LogP contribution in [0.3, 0.4) is 0 Å². The highest BCUT2D eigenvalue weighted by Gasteiger charge is 2.27. The SMILES string of the molecule is O=C1NCCCCC1Sc1nnc(N2CCOCC2)n1-c1cccc(F)c1. The van der Waals surface area contributed by atoms with Crippen molar-refractivity contribution < 1.29 is 13.9 Å². The molecule has 144 valence electrons. The Labute approximate surface area is 161 Å². The molecule has 27 heavy (non-hydrogen) atoms. The van der Waals surface area contributed by atoms with Crippen LogP contribution in [0.2, 0.25) is 0 Å². The zero-order valence-electron chi connectivity index (χ0n) is 14.9. The quantitative estimate of drug-likeness (QED) is 0.860. The Morgan fingerprint density at radius 1 is 1.22 bits per heavy atom. The van der Waals surface area contributed by atoms with Crippen LogP contribution in [0, 0.1) is 5.82 Å². The van der Waals surface area contributed by atoms with Gasteiger partial charge in [-0.05, 0) is 31.0 Å². The zero-order valence-corrected chi connectivity index (χ0v) is 15.8. The molecule has 1 unspecified atom stereocenters. The van der Waals surface area contributed by atoms with Crippen molar-refractivity contribution in [2.75, 3.05) is 37.7 Å². The topological polar surface area (TPSA) is 72.3 Å². The smallest absolute Gasteiger partial charge is 0.233 e. The standard InChI is InChI=1S/C18H22FN5O2S/c19-13-4-3-5-14(12-13)24-17(23-8-10-26-11-9-23)21-22-18(24)27-15-6-1-2-7-20-16(15)25/h3-5,12,15H,1-2,6-11H2,(H,20,25). The second kappa shape index (κ2) is 8.26. The summed E-state index contributed by atoms with van der Waals surface area (Å²) in [6.07, 6.45) is 2.76. The lowest BCUT2D eigenvalue weighted by molar-refractivity contribution is -0.120. The van der Waals surface area contributed by atoms with E-state index in [2.05, 4.69) is 20.4 Å². The number of carbonyl (C=O) groups is 1. The van der Waals surface area contributed by atoms with E-state index in [1.807, 2.05) is 10.6 Å². The highest BCUT2D eigenvalue weighted by Crippen LogP contribution is 2.32. The lowest BCUT2D eigenvalue weighted by atomic mass is 10.2. The van der Waals surface area contributed by atoms with Crippen LogP contribution in [0.15, 0.2) is 29.4 Å². The second-order valence-corrected chi connectivity index (χ2v) is 7.76. The van der Waals surface area contributed by atoms with Crippen LogP contribution in [0.5, 0.6) is 0 Å². The first-order valence-electron chi connectivity index (χ1n) is 9.21. The van der Waals surface area contributed by atoms with Crippen LogP contribution < -0.4 is 10.2 Å². The van der Waals surface area contributed by atoms with Gasteiger partial charge in [0.15, 0.2) is 5.16 Å². The fourth-order valence-corrected chi connectivity index (χ4v) is 4.41. The van der Waals surface area contributed by atoms with Gasteiger partial charge in [-0.1, -0.05) is 24.2 Å². The molecule has 2 fully saturated rings. The third kappa shape index (κ3) is 4.08. The normalized spacial score (nSPS) is 21.0. The molecule has 0 saturated carbocycles. The first-order valence-corrected chi connectivity index (χ1v) is 10.1. The number of nitrogens with one attached hydrogen (secondary N) is 1. The molecule has 0 radical (unpaired) electrons. The Kier molecular flexibility index (Phi) is 5.58. The third-order valence-electron chi connectivity index (χ3n) is 4.71. The molecule has 9 heteroatoms. The van der Waals surface area contributed by atoms with Crippen LogP contribution in [0.25, 0.3) is 5.69 Å². The van der Waals surface area contributed by atoms with Crippen molar-refractivity contribution >= 4 is 23.6 Å². The van der Waals surface area contributed by atoms with Gasteiger partial charge in [-0.3, -0.25) is 9.36 Å². The number of thioether (sulfide) groups is 1. The summed E-state index contributed by atoms with van der Waals surface area (Å²) in [4.78, 5) is 14.4. The van der Waals surface area contributed by atoms with E-state index >= 15 is 0 Å². The minimum atomic E-state index is -0.322. The van der Waals surface area contributed by atoms with E-state index in [1.165, 1.54) is 23.9 Å². The Balaban J connectivity index is 1.70. The van der Waals surface area contributed by atoms with Crippen LogP contribution in [0.4, 0.5) is 10.3 Å². The number of morpholine rings is 1. The van der Waals surface area contributed by atoms with Crippen molar-refractivity contribution in [3.63, 3.8) is 0 Å². The number of halogens is 1. The number of amides is 1. The number of aromatic nitrogens is 3. The van der Waals surface area contributed by atoms with Crippen molar-refractivity contribution in [1.29, 1.82) is 0 Å². The number of hydrogen-bond donors (Lipinski definition) is 1. The summed E-state index contributed by atoms with van der Waals surface area (Å²) < 4.78 is 21.1. The zero-order chi connectivity index (χ0) is 18.6. The molecule has 2 aliphatic heterocycles. The molecular weight excluding hydrogens is 369 g/mol. The molecule has 4 rings (SSSR count). The number of nitrogens with zero attached hydrogens (tertiary/aromatic N) is 4. The molecule has 2 aromatic rings. The van der Waals surface area contributed by atoms with Gasteiger partial charge in [0.1, 0.15) is 5.82 Å². The molecule has 1 aromatic heterocycles. The molecule has 0 bridgehead atoms. The van der Waals surface area contributed by atoms with Gasteiger partial charge in [-0.2, -0.15) is 0 Å². The number of hydrogen-bond acceptors (Lipinski definition) is 6. The summed E-state index contributed by atoms with van der Waals surface area (Å²) in [5.74, 6) is 0.358. The van der Waals surface area contributed by atoms with Gasteiger partial charge in [0, 0.05) is 19.6 Å². The molecule has 0 spiro atoms. The summed E-state index contributed by atoms with van der Waals surface area (Å²) in [7, 11) is 0. The maximum absolute atomic E-state index is 13.9. The van der Waals surface area contributed by atoms with Gasteiger partial charge in [-0.25, -0.2) is 4.39 Å². The Bertz CT molecular complexity index is 809. The van der Waals surface area contributed by atoms with Crippen molar-refractivity contribution in [3.05, 3.63) is 30.1 Å². The van der Waals surface area contributed by atoms with E-state index in [0.717, 1.165) is 19.3 Å². The number of anilines is 1. The van der Waals surface area contributed by atoms with Gasteiger partial charge < -0.3 is 15.0 Å². The fraction of sp³-hybridized carbons (Fsp3) is 0.500. The van der Waals surface area contributed by atoms with Crippen molar-refractivity contribution in [3.8, 4) is 5.69 Å². The van der Waals surface area contributed by atoms with E-state index in [9.17, 15) is 9.18 Å². The Morgan fingerprint density at radius 3 is 2.89 bits per heavy atom. The highest BCUT2D eigenvalue weighted by atomic mass is 32.2. The molecule has 1 amide bonds. The highest BCUT2D eigenvalue weighted by molar-refractivity contribution is 8.00. The van der Waals surface area contributed by atoms with Gasteiger partial charge in [-0.15, -0.1) is 10.2 Å². The summed E-state index contributed by atoms with van der Waals surface area (Å²) in [6.45, 7) is 3.34. The predicted octanol–water partition coefficient (Wildman–Crippen LogP) is 2.00. The maximum atomic E-state index is 13.9. The average Bonchev–Trinajstić information content (AvgIpc) is 3.00. The summed E-state index contributed by atoms with van der Waals surface area (Å²) >= 11 is 1.40. The van der Waals surface area contributed by atoms with E-state index in [1.54, 1.807) is 6.07 Å². The number of ether oxygens (including phenoxy) is 1. The molecule has 0 aliphatic carbocycles. The first kappa shape index (κ1) is 18.2. The molecule has 1 N–H and O–H groups in total. The molecule has 2 saturated heterocycles. The van der Waals surface area contributed by atoms with Gasteiger partial charge >= 0.3 is 0 Å². The molecule has 1 aromatic carbocycles. The minimum Gasteiger partial charge on any atom is -0.378 e. The average molecular weight is 391 g/mol. The summed E-state index contributed by atoms with van der Waals surface area (Å²) in [5.41, 5.74) is 0.651. The van der Waals surface area contributed by atoms with Crippen molar-refractivity contribution in [2.45, 2.75) is 29.7 Å². The minimum absolute atomic E-state index is 0.0271. The maximum Gasteiger partial charge on any atom is 0.233 e. The Morgan fingerprint density at radius 2 is 2.07 bits per heavy atom. The number of benzene rings is 1. The van der Waals surface area contributed by atoms with Gasteiger partial charge in [0.05, 0.1) is 24.2 Å². The monoisotopic (exact) mass is 391 g/mol. The second-order valence-electron chi connectivity index (χ2n) is 6.59. The largest absolute Gasteiger partial charge is 0.378 e. The fourth-order valence-electron chi connectivity index (χ4n) is 3.30. The number of rotatable bonds is 4. The van der Waals surface area contributed by atoms with E-state index in [4.69, 9.17) is 4.74 Å². The van der Waals surface area contributed by atoms with Crippen LogP contribution in [-0.2, 0) is 9.53 Å². The molecule has 7 nitrogen and oxygen atoms in total. The van der Waals surface area contributed by atoms with E-state index < -0.39 is 0 Å². The molecule has 1 atom stereocenters.